The molecular weight excluding hydrogens is 466 g/mol. The number of amides is 1. The standard InChI is InChI=1S/C28H39N7O2/c1-18-21-16-34(24-20-6-14-29-23(20)30-19(2)31-24)15-7-22(21)35(33-18)17-27-8-11-28(12-9-27,13-10-27)32-25(36)37-26(3,4)5/h6,14H,7-13,15-17H2,1-5H3,(H,32,36)(H,29,30,31). The minimum atomic E-state index is -0.472. The SMILES string of the molecule is Cc1nc(N2CCc3c(c(C)nn3CC34CCC(NC(=O)OC(C)(C)C)(CC3)CC4)C2)c2cc[nH]c2n1. The maximum atomic E-state index is 12.5. The van der Waals surface area contributed by atoms with Gasteiger partial charge in [0.25, 0.3) is 0 Å². The number of nitrogens with one attached hydrogen (secondary N) is 2. The van der Waals surface area contributed by atoms with Crippen molar-refractivity contribution in [3.8, 4) is 0 Å². The van der Waals surface area contributed by atoms with E-state index in [1.54, 1.807) is 0 Å². The molecule has 2 N–H and O–H groups in total. The van der Waals surface area contributed by atoms with E-state index >= 15 is 0 Å². The van der Waals surface area contributed by atoms with Crippen molar-refractivity contribution in [2.45, 2.75) is 104 Å². The van der Waals surface area contributed by atoms with Gasteiger partial charge in [0.05, 0.1) is 11.1 Å². The number of rotatable bonds is 4. The summed E-state index contributed by atoms with van der Waals surface area (Å²) in [7, 11) is 0. The molecule has 2 bridgehead atoms. The highest BCUT2D eigenvalue weighted by molar-refractivity contribution is 5.87. The molecule has 9 heteroatoms. The third-order valence-corrected chi connectivity index (χ3v) is 8.79. The van der Waals surface area contributed by atoms with Gasteiger partial charge in [-0.25, -0.2) is 14.8 Å². The molecule has 0 spiro atoms. The summed E-state index contributed by atoms with van der Waals surface area (Å²) in [6.07, 6.45) is 9.03. The maximum Gasteiger partial charge on any atom is 0.408 e. The van der Waals surface area contributed by atoms with Crippen LogP contribution in [0.2, 0.25) is 0 Å². The number of aryl methyl sites for hydroxylation is 2. The van der Waals surface area contributed by atoms with Gasteiger partial charge in [-0.15, -0.1) is 0 Å². The van der Waals surface area contributed by atoms with Crippen LogP contribution < -0.4 is 10.2 Å². The second-order valence-electron chi connectivity index (χ2n) is 12.6. The summed E-state index contributed by atoms with van der Waals surface area (Å²) < 4.78 is 7.88. The fourth-order valence-electron chi connectivity index (χ4n) is 6.78. The zero-order chi connectivity index (χ0) is 26.0. The minimum Gasteiger partial charge on any atom is -0.444 e. The number of hydrogen-bond donors (Lipinski definition) is 2. The highest BCUT2D eigenvalue weighted by atomic mass is 16.6. The normalized spacial score (nSPS) is 25.4. The molecule has 7 rings (SSSR count). The molecule has 0 unspecified atom stereocenters. The topological polar surface area (TPSA) is 101 Å². The van der Waals surface area contributed by atoms with Crippen LogP contribution in [0.3, 0.4) is 0 Å². The molecule has 9 nitrogen and oxygen atoms in total. The Labute approximate surface area is 218 Å². The average molecular weight is 506 g/mol. The van der Waals surface area contributed by atoms with Crippen LogP contribution in [-0.4, -0.2) is 48.5 Å². The molecule has 3 aromatic rings. The summed E-state index contributed by atoms with van der Waals surface area (Å²) in [6.45, 7) is 12.6. The molecule has 4 aliphatic rings. The average Bonchev–Trinajstić information content (AvgIpc) is 3.42. The predicted molar refractivity (Wildman–Crippen MR) is 143 cm³/mol. The van der Waals surface area contributed by atoms with Gasteiger partial charge in [0, 0.05) is 49.0 Å². The van der Waals surface area contributed by atoms with Crippen molar-refractivity contribution >= 4 is 22.9 Å². The third kappa shape index (κ3) is 4.46. The lowest BCUT2D eigenvalue weighted by Gasteiger charge is -2.53. The van der Waals surface area contributed by atoms with Crippen molar-refractivity contribution < 1.29 is 9.53 Å². The van der Waals surface area contributed by atoms with Gasteiger partial charge in [-0.3, -0.25) is 4.68 Å². The Morgan fingerprint density at radius 2 is 1.86 bits per heavy atom. The van der Waals surface area contributed by atoms with Crippen LogP contribution in [0.25, 0.3) is 11.0 Å². The number of carbonyl (C=O) groups is 1. The summed E-state index contributed by atoms with van der Waals surface area (Å²) in [5.41, 5.74) is 4.43. The Morgan fingerprint density at radius 1 is 1.14 bits per heavy atom. The number of nitrogens with zero attached hydrogens (tertiary/aromatic N) is 5. The van der Waals surface area contributed by atoms with Crippen molar-refractivity contribution in [2.75, 3.05) is 11.4 Å². The lowest BCUT2D eigenvalue weighted by Crippen LogP contribution is -2.58. The molecule has 3 fully saturated rings. The lowest BCUT2D eigenvalue weighted by atomic mass is 9.57. The first-order valence-electron chi connectivity index (χ1n) is 13.7. The van der Waals surface area contributed by atoms with E-state index in [1.165, 1.54) is 11.3 Å². The Morgan fingerprint density at radius 3 is 2.57 bits per heavy atom. The van der Waals surface area contributed by atoms with Gasteiger partial charge in [-0.1, -0.05) is 0 Å². The summed E-state index contributed by atoms with van der Waals surface area (Å²) in [4.78, 5) is 27.4. The van der Waals surface area contributed by atoms with Crippen LogP contribution in [0, 0.1) is 19.3 Å². The van der Waals surface area contributed by atoms with Crippen LogP contribution in [0.1, 0.15) is 82.1 Å². The van der Waals surface area contributed by atoms with Crippen LogP contribution in [0.5, 0.6) is 0 Å². The van der Waals surface area contributed by atoms with E-state index in [0.29, 0.717) is 0 Å². The van der Waals surface area contributed by atoms with E-state index in [4.69, 9.17) is 14.8 Å². The smallest absolute Gasteiger partial charge is 0.408 e. The number of ether oxygens (including phenoxy) is 1. The molecule has 0 radical (unpaired) electrons. The zero-order valence-electron chi connectivity index (χ0n) is 22.8. The highest BCUT2D eigenvalue weighted by Crippen LogP contribution is 2.53. The van der Waals surface area contributed by atoms with Crippen molar-refractivity contribution in [3.05, 3.63) is 35.0 Å². The number of hydrogen-bond acceptors (Lipinski definition) is 6. The highest BCUT2D eigenvalue weighted by Gasteiger charge is 2.50. The van der Waals surface area contributed by atoms with Crippen LogP contribution >= 0.6 is 0 Å². The Balaban J connectivity index is 1.16. The van der Waals surface area contributed by atoms with Crippen molar-refractivity contribution in [1.29, 1.82) is 0 Å². The Kier molecular flexibility index (Phi) is 5.55. The molecule has 3 aromatic heterocycles. The lowest BCUT2D eigenvalue weighted by molar-refractivity contribution is -0.00519. The molecular formula is C28H39N7O2. The quantitative estimate of drug-likeness (QED) is 0.520. The minimum absolute atomic E-state index is 0.108. The van der Waals surface area contributed by atoms with Gasteiger partial charge < -0.3 is 19.9 Å². The molecule has 198 valence electrons. The Hall–Kier alpha value is -3.10. The van der Waals surface area contributed by atoms with E-state index in [9.17, 15) is 4.79 Å². The second kappa shape index (κ2) is 8.46. The molecule has 1 amide bonds. The zero-order valence-corrected chi connectivity index (χ0v) is 22.8. The van der Waals surface area contributed by atoms with Crippen molar-refractivity contribution in [3.63, 3.8) is 0 Å². The molecule has 4 heterocycles. The van der Waals surface area contributed by atoms with Gasteiger partial charge in [0.1, 0.15) is 22.9 Å². The molecule has 1 aliphatic heterocycles. The first kappa shape index (κ1) is 24.2. The van der Waals surface area contributed by atoms with Crippen LogP contribution in [0.15, 0.2) is 12.3 Å². The number of aromatic amines is 1. The number of H-pyrrole nitrogens is 1. The van der Waals surface area contributed by atoms with Gasteiger partial charge in [0.2, 0.25) is 0 Å². The first-order valence-corrected chi connectivity index (χ1v) is 13.7. The molecule has 3 saturated carbocycles. The maximum absolute atomic E-state index is 12.5. The largest absolute Gasteiger partial charge is 0.444 e. The molecule has 0 saturated heterocycles. The summed E-state index contributed by atoms with van der Waals surface area (Å²) >= 11 is 0. The second-order valence-corrected chi connectivity index (χ2v) is 12.6. The summed E-state index contributed by atoms with van der Waals surface area (Å²) in [6, 6.07) is 2.07. The van der Waals surface area contributed by atoms with E-state index in [1.807, 2.05) is 33.9 Å². The molecule has 3 aliphatic carbocycles. The fourth-order valence-corrected chi connectivity index (χ4v) is 6.78. The van der Waals surface area contributed by atoms with Crippen LogP contribution in [-0.2, 0) is 24.2 Å². The number of alkyl carbamates (subject to hydrolysis) is 1. The van der Waals surface area contributed by atoms with E-state index < -0.39 is 5.60 Å². The van der Waals surface area contributed by atoms with Gasteiger partial charge in [-0.05, 0) is 84.6 Å². The van der Waals surface area contributed by atoms with Crippen molar-refractivity contribution in [2.24, 2.45) is 5.41 Å². The van der Waals surface area contributed by atoms with Crippen molar-refractivity contribution in [1.82, 2.24) is 30.0 Å². The number of carbonyl (C=O) groups excluding carboxylic acids is 1. The van der Waals surface area contributed by atoms with E-state index in [0.717, 1.165) is 92.9 Å². The molecule has 0 aromatic carbocycles. The van der Waals surface area contributed by atoms with E-state index in [2.05, 4.69) is 37.9 Å². The molecule has 37 heavy (non-hydrogen) atoms. The molecule has 0 atom stereocenters. The number of fused-ring (bicyclic) bond motifs is 5. The van der Waals surface area contributed by atoms with Gasteiger partial charge >= 0.3 is 6.09 Å². The number of aromatic nitrogens is 5. The predicted octanol–water partition coefficient (Wildman–Crippen LogP) is 4.95. The Bertz CT molecular complexity index is 1320. The monoisotopic (exact) mass is 505 g/mol. The van der Waals surface area contributed by atoms with E-state index in [-0.39, 0.29) is 17.0 Å². The number of anilines is 1. The van der Waals surface area contributed by atoms with Gasteiger partial charge in [0.15, 0.2) is 0 Å². The summed E-state index contributed by atoms with van der Waals surface area (Å²) in [5, 5.41) is 9.38. The summed E-state index contributed by atoms with van der Waals surface area (Å²) in [5.74, 6) is 1.79. The van der Waals surface area contributed by atoms with Gasteiger partial charge in [-0.2, -0.15) is 5.10 Å². The first-order chi connectivity index (χ1) is 17.5. The third-order valence-electron chi connectivity index (χ3n) is 8.79. The fraction of sp³-hybridized carbons (Fsp3) is 0.643. The van der Waals surface area contributed by atoms with Crippen LogP contribution in [0.4, 0.5) is 10.6 Å².